The smallest absolute Gasteiger partial charge is 0.339 e. The van der Waals surface area contributed by atoms with Crippen LogP contribution < -0.4 is 4.90 Å². The second-order valence-electron chi connectivity index (χ2n) is 6.22. The molecule has 0 amide bonds. The molecule has 1 aliphatic rings. The quantitative estimate of drug-likeness (QED) is 0.858. The third-order valence-corrected chi connectivity index (χ3v) is 4.20. The van der Waals surface area contributed by atoms with Gasteiger partial charge in [-0.05, 0) is 38.8 Å². The van der Waals surface area contributed by atoms with Crippen molar-refractivity contribution in [3.8, 4) is 0 Å². The van der Waals surface area contributed by atoms with Gasteiger partial charge >= 0.3 is 6.18 Å². The summed E-state index contributed by atoms with van der Waals surface area (Å²) in [6.45, 7) is 5.47. The van der Waals surface area contributed by atoms with E-state index in [0.29, 0.717) is 18.2 Å². The predicted octanol–water partition coefficient (Wildman–Crippen LogP) is 3.24. The molecule has 0 unspecified atom stereocenters. The lowest BCUT2D eigenvalue weighted by molar-refractivity contribution is -0.134. The van der Waals surface area contributed by atoms with Crippen LogP contribution in [0.4, 0.5) is 19.1 Å². The van der Waals surface area contributed by atoms with E-state index in [1.165, 1.54) is 6.20 Å². The van der Waals surface area contributed by atoms with Gasteiger partial charge in [-0.15, -0.1) is 0 Å². The summed E-state index contributed by atoms with van der Waals surface area (Å²) in [7, 11) is 0. The first-order valence-corrected chi connectivity index (χ1v) is 7.98. The van der Waals surface area contributed by atoms with E-state index in [2.05, 4.69) is 15.1 Å². The van der Waals surface area contributed by atoms with Gasteiger partial charge in [0.2, 0.25) is 5.95 Å². The van der Waals surface area contributed by atoms with E-state index in [9.17, 15) is 13.2 Å². The molecule has 5 nitrogen and oxygen atoms in total. The molecule has 0 spiro atoms. The van der Waals surface area contributed by atoms with Gasteiger partial charge < -0.3 is 4.90 Å². The fourth-order valence-electron chi connectivity index (χ4n) is 3.08. The number of alkyl halides is 3. The number of aryl methyl sites for hydroxylation is 3. The molecule has 1 fully saturated rings. The zero-order valence-corrected chi connectivity index (χ0v) is 13.7. The van der Waals surface area contributed by atoms with Crippen LogP contribution in [-0.4, -0.2) is 39.0 Å². The Morgan fingerprint density at radius 2 is 2.08 bits per heavy atom. The van der Waals surface area contributed by atoms with Crippen LogP contribution in [0.15, 0.2) is 18.3 Å². The number of nitrogens with zero attached hydrogens (tertiary/aromatic N) is 5. The van der Waals surface area contributed by atoms with Crippen molar-refractivity contribution in [1.82, 2.24) is 19.7 Å². The highest BCUT2D eigenvalue weighted by Gasteiger charge is 2.29. The Bertz CT molecular complexity index is 710. The van der Waals surface area contributed by atoms with E-state index in [1.54, 1.807) is 6.07 Å². The van der Waals surface area contributed by atoms with Gasteiger partial charge in [-0.3, -0.25) is 4.68 Å². The van der Waals surface area contributed by atoms with Gasteiger partial charge in [0, 0.05) is 37.1 Å². The fourth-order valence-corrected chi connectivity index (χ4v) is 3.08. The van der Waals surface area contributed by atoms with Gasteiger partial charge in [-0.25, -0.2) is 9.97 Å². The molecule has 0 bridgehead atoms. The second kappa shape index (κ2) is 6.41. The lowest BCUT2D eigenvalue weighted by atomic mass is 10.2. The molecule has 1 atom stereocenters. The van der Waals surface area contributed by atoms with Gasteiger partial charge in [0.1, 0.15) is 0 Å². The number of halogens is 3. The van der Waals surface area contributed by atoms with Gasteiger partial charge in [0.25, 0.3) is 0 Å². The lowest BCUT2D eigenvalue weighted by Gasteiger charge is -2.18. The topological polar surface area (TPSA) is 46.8 Å². The largest absolute Gasteiger partial charge is 0.389 e. The maximum absolute atomic E-state index is 12.4. The molecule has 0 saturated carbocycles. The van der Waals surface area contributed by atoms with Crippen molar-refractivity contribution in [3.63, 3.8) is 0 Å². The van der Waals surface area contributed by atoms with Crippen LogP contribution >= 0.6 is 0 Å². The standard InChI is InChI=1S/C16H20F3N5/c1-11-9-12(2)24(22-11)14-5-8-23(10-14)15-20-7-4-13(21-15)3-6-16(17,18)19/h4,7,9,14H,3,5-6,8,10H2,1-2H3/t14-/m0/s1. The van der Waals surface area contributed by atoms with Crippen LogP contribution in [-0.2, 0) is 6.42 Å². The average molecular weight is 339 g/mol. The summed E-state index contributed by atoms with van der Waals surface area (Å²) in [5, 5.41) is 4.52. The van der Waals surface area contributed by atoms with Gasteiger partial charge in [-0.1, -0.05) is 0 Å². The van der Waals surface area contributed by atoms with Gasteiger partial charge in [0.15, 0.2) is 0 Å². The second-order valence-corrected chi connectivity index (χ2v) is 6.22. The van der Waals surface area contributed by atoms with Crippen molar-refractivity contribution in [1.29, 1.82) is 0 Å². The number of hydrogen-bond donors (Lipinski definition) is 0. The summed E-state index contributed by atoms with van der Waals surface area (Å²) in [4.78, 5) is 10.5. The number of hydrogen-bond acceptors (Lipinski definition) is 4. The molecule has 24 heavy (non-hydrogen) atoms. The summed E-state index contributed by atoms with van der Waals surface area (Å²) in [5.74, 6) is 0.499. The molecule has 0 aliphatic carbocycles. The molecule has 0 N–H and O–H groups in total. The average Bonchev–Trinajstić information content (AvgIpc) is 3.11. The van der Waals surface area contributed by atoms with Crippen molar-refractivity contribution in [2.24, 2.45) is 0 Å². The Hall–Kier alpha value is -2.12. The van der Waals surface area contributed by atoms with E-state index >= 15 is 0 Å². The minimum atomic E-state index is -4.17. The zero-order chi connectivity index (χ0) is 17.3. The first kappa shape index (κ1) is 16.7. The first-order chi connectivity index (χ1) is 11.3. The Kier molecular flexibility index (Phi) is 4.47. The lowest BCUT2D eigenvalue weighted by Crippen LogP contribution is -2.24. The van der Waals surface area contributed by atoms with E-state index in [-0.39, 0.29) is 12.5 Å². The maximum Gasteiger partial charge on any atom is 0.389 e. The number of aromatic nitrogens is 4. The van der Waals surface area contributed by atoms with Crippen LogP contribution in [0.5, 0.6) is 0 Å². The van der Waals surface area contributed by atoms with Crippen LogP contribution in [0.1, 0.15) is 36.0 Å². The number of anilines is 1. The van der Waals surface area contributed by atoms with Crippen molar-refractivity contribution < 1.29 is 13.2 Å². The molecule has 3 heterocycles. The molecule has 1 aliphatic heterocycles. The van der Waals surface area contributed by atoms with Gasteiger partial charge in [0.05, 0.1) is 11.7 Å². The summed E-state index contributed by atoms with van der Waals surface area (Å²) >= 11 is 0. The normalized spacial score (nSPS) is 18.4. The molecule has 0 radical (unpaired) electrons. The van der Waals surface area contributed by atoms with Crippen LogP contribution in [0, 0.1) is 13.8 Å². The SMILES string of the molecule is Cc1cc(C)n([C@H]2CCN(c3nccc(CCC(F)(F)F)n3)C2)n1. The highest BCUT2D eigenvalue weighted by Crippen LogP contribution is 2.26. The minimum absolute atomic E-state index is 0.117. The fraction of sp³-hybridized carbons (Fsp3) is 0.562. The molecule has 1 saturated heterocycles. The van der Waals surface area contributed by atoms with Crippen molar-refractivity contribution >= 4 is 5.95 Å². The summed E-state index contributed by atoms with van der Waals surface area (Å²) in [6, 6.07) is 3.82. The third kappa shape index (κ3) is 3.85. The van der Waals surface area contributed by atoms with E-state index in [4.69, 9.17) is 0 Å². The van der Waals surface area contributed by atoms with Crippen LogP contribution in [0.25, 0.3) is 0 Å². The van der Waals surface area contributed by atoms with Crippen molar-refractivity contribution in [3.05, 3.63) is 35.4 Å². The Morgan fingerprint density at radius 3 is 2.75 bits per heavy atom. The molecule has 2 aromatic rings. The first-order valence-electron chi connectivity index (χ1n) is 7.98. The number of rotatable bonds is 4. The molecular formula is C16H20F3N5. The highest BCUT2D eigenvalue weighted by atomic mass is 19.4. The summed E-state index contributed by atoms with van der Waals surface area (Å²) in [5.41, 5.74) is 2.52. The highest BCUT2D eigenvalue weighted by molar-refractivity contribution is 5.32. The van der Waals surface area contributed by atoms with Crippen LogP contribution in [0.3, 0.4) is 0 Å². The zero-order valence-electron chi connectivity index (χ0n) is 13.7. The van der Waals surface area contributed by atoms with E-state index in [0.717, 1.165) is 24.4 Å². The Labute approximate surface area is 138 Å². The molecule has 2 aromatic heterocycles. The van der Waals surface area contributed by atoms with E-state index in [1.807, 2.05) is 29.5 Å². The van der Waals surface area contributed by atoms with E-state index < -0.39 is 12.6 Å². The molecule has 8 heteroatoms. The maximum atomic E-state index is 12.4. The predicted molar refractivity (Wildman–Crippen MR) is 84.0 cm³/mol. The molecule has 0 aromatic carbocycles. The summed E-state index contributed by atoms with van der Waals surface area (Å²) in [6.07, 6.45) is -2.70. The monoisotopic (exact) mass is 339 g/mol. The molecule has 3 rings (SSSR count). The summed E-state index contributed by atoms with van der Waals surface area (Å²) < 4.78 is 39.1. The Balaban J connectivity index is 1.68. The third-order valence-electron chi connectivity index (χ3n) is 4.20. The molecular weight excluding hydrogens is 319 g/mol. The van der Waals surface area contributed by atoms with Crippen molar-refractivity contribution in [2.75, 3.05) is 18.0 Å². The molecule has 130 valence electrons. The minimum Gasteiger partial charge on any atom is -0.339 e. The van der Waals surface area contributed by atoms with Crippen molar-refractivity contribution in [2.45, 2.75) is 45.3 Å². The van der Waals surface area contributed by atoms with Crippen LogP contribution in [0.2, 0.25) is 0 Å². The van der Waals surface area contributed by atoms with Gasteiger partial charge in [-0.2, -0.15) is 18.3 Å². The Morgan fingerprint density at radius 1 is 1.29 bits per heavy atom.